The Morgan fingerprint density at radius 1 is 1.24 bits per heavy atom. The summed E-state index contributed by atoms with van der Waals surface area (Å²) in [6.07, 6.45) is 5.45. The Morgan fingerprint density at radius 3 is 2.76 bits per heavy atom. The fourth-order valence-corrected chi connectivity index (χ4v) is 5.30. The van der Waals surface area contributed by atoms with Gasteiger partial charge in [0.15, 0.2) is 0 Å². The summed E-state index contributed by atoms with van der Waals surface area (Å²) >= 11 is 0. The highest BCUT2D eigenvalue weighted by molar-refractivity contribution is 5.77. The van der Waals surface area contributed by atoms with Crippen LogP contribution in [-0.4, -0.2) is 44.5 Å². The zero-order valence-electron chi connectivity index (χ0n) is 23.6. The molecule has 2 aromatic heterocycles. The minimum Gasteiger partial charge on any atom is -0.469 e. The summed E-state index contributed by atoms with van der Waals surface area (Å²) in [5.41, 5.74) is 5.75. The Bertz CT molecular complexity index is 1240. The number of carbonyl (C=O) groups excluding carboxylic acids is 1. The molecular weight excluding hydrogens is 478 g/mol. The average molecular weight is 520 g/mol. The second-order valence-electron chi connectivity index (χ2n) is 10.9. The molecule has 0 saturated carbocycles. The average Bonchev–Trinajstić information content (AvgIpc) is 3.30. The smallest absolute Gasteiger partial charge is 0.314 e. The third-order valence-electron chi connectivity index (χ3n) is 7.71. The summed E-state index contributed by atoms with van der Waals surface area (Å²) in [5, 5.41) is 8.32. The highest BCUT2D eigenvalue weighted by Gasteiger charge is 2.40. The van der Waals surface area contributed by atoms with Crippen molar-refractivity contribution in [1.29, 1.82) is 0 Å². The lowest BCUT2D eigenvalue weighted by Gasteiger charge is -2.32. The van der Waals surface area contributed by atoms with E-state index in [1.54, 1.807) is 4.68 Å². The molecule has 1 aliphatic heterocycles. The van der Waals surface area contributed by atoms with Crippen LogP contribution in [0.3, 0.4) is 0 Å². The lowest BCUT2D eigenvalue weighted by molar-refractivity contribution is -0.162. The molecule has 0 N–H and O–H groups in total. The highest BCUT2D eigenvalue weighted by Crippen LogP contribution is 2.39. The Kier molecular flexibility index (Phi) is 8.95. The molecule has 0 fully saturated rings. The van der Waals surface area contributed by atoms with Crippen LogP contribution in [-0.2, 0) is 46.9 Å². The van der Waals surface area contributed by atoms with Crippen LogP contribution in [0, 0.1) is 18.3 Å². The van der Waals surface area contributed by atoms with Crippen molar-refractivity contribution in [3.05, 3.63) is 76.4 Å². The third-order valence-corrected chi connectivity index (χ3v) is 7.71. The first kappa shape index (κ1) is 27.9. The fourth-order valence-electron chi connectivity index (χ4n) is 5.30. The molecule has 0 saturated heterocycles. The first-order valence-electron chi connectivity index (χ1n) is 13.6. The first-order valence-corrected chi connectivity index (χ1v) is 13.6. The Morgan fingerprint density at radius 2 is 2.05 bits per heavy atom. The van der Waals surface area contributed by atoms with Crippen LogP contribution < -0.4 is 0 Å². The van der Waals surface area contributed by atoms with Gasteiger partial charge in [0.25, 0.3) is 0 Å². The number of benzene rings is 1. The number of rotatable bonds is 10. The van der Waals surface area contributed by atoms with Crippen LogP contribution in [0.1, 0.15) is 73.9 Å². The number of ether oxygens (including phenoxy) is 2. The molecule has 3 heterocycles. The summed E-state index contributed by atoms with van der Waals surface area (Å²) in [4.78, 5) is 20.1. The van der Waals surface area contributed by atoms with Gasteiger partial charge >= 0.3 is 5.97 Å². The van der Waals surface area contributed by atoms with Gasteiger partial charge in [-0.2, -0.15) is 0 Å². The normalized spacial score (nSPS) is 17.1. The van der Waals surface area contributed by atoms with Crippen molar-refractivity contribution in [2.24, 2.45) is 11.3 Å². The number of aromatic nitrogens is 4. The Labute approximate surface area is 226 Å². The zero-order chi connectivity index (χ0) is 27.3. The van der Waals surface area contributed by atoms with Crippen molar-refractivity contribution in [1.82, 2.24) is 24.9 Å². The van der Waals surface area contributed by atoms with Gasteiger partial charge in [-0.05, 0) is 68.4 Å². The molecule has 3 aromatic rings. The molecule has 4 rings (SSSR count). The number of methoxy groups -OCH3 is 1. The summed E-state index contributed by atoms with van der Waals surface area (Å²) in [6, 6.07) is 10.6. The van der Waals surface area contributed by atoms with E-state index in [0.717, 1.165) is 50.3 Å². The van der Waals surface area contributed by atoms with E-state index < -0.39 is 11.5 Å². The van der Waals surface area contributed by atoms with E-state index in [0.29, 0.717) is 5.92 Å². The van der Waals surface area contributed by atoms with Gasteiger partial charge in [-0.1, -0.05) is 42.8 Å². The van der Waals surface area contributed by atoms with Crippen LogP contribution in [0.25, 0.3) is 0 Å². The number of hydrogen-bond donors (Lipinski definition) is 0. The van der Waals surface area contributed by atoms with Crippen LogP contribution in [0.4, 0.5) is 0 Å². The predicted molar refractivity (Wildman–Crippen MR) is 146 cm³/mol. The number of aryl methyl sites for hydroxylation is 2. The van der Waals surface area contributed by atoms with Gasteiger partial charge in [0.05, 0.1) is 37.1 Å². The lowest BCUT2D eigenvalue weighted by Crippen LogP contribution is -2.34. The maximum atomic E-state index is 12.9. The van der Waals surface area contributed by atoms with E-state index in [9.17, 15) is 4.79 Å². The van der Waals surface area contributed by atoms with Gasteiger partial charge in [-0.25, -0.2) is 0 Å². The van der Waals surface area contributed by atoms with Crippen LogP contribution in [0.5, 0.6) is 0 Å². The van der Waals surface area contributed by atoms with E-state index in [2.05, 4.69) is 53.3 Å². The Hall–Kier alpha value is -3.10. The van der Waals surface area contributed by atoms with Gasteiger partial charge in [-0.15, -0.1) is 5.10 Å². The van der Waals surface area contributed by atoms with Gasteiger partial charge in [0, 0.05) is 32.4 Å². The van der Waals surface area contributed by atoms with E-state index in [1.165, 1.54) is 29.5 Å². The second kappa shape index (κ2) is 12.2. The lowest BCUT2D eigenvalue weighted by atomic mass is 9.81. The monoisotopic (exact) mass is 519 g/mol. The topological polar surface area (TPSA) is 82.4 Å². The number of hydrogen-bond acceptors (Lipinski definition) is 7. The van der Waals surface area contributed by atoms with E-state index in [1.807, 2.05) is 39.2 Å². The molecule has 204 valence electrons. The maximum Gasteiger partial charge on any atom is 0.314 e. The van der Waals surface area contributed by atoms with E-state index in [4.69, 9.17) is 14.5 Å². The van der Waals surface area contributed by atoms with Crippen molar-refractivity contribution in [2.75, 3.05) is 13.7 Å². The standard InChI is InChI=1S/C30H41N5O3/c1-7-22-14-23-10-9-13-31-27(23)19-34(16-22)17-25-15-24(12-11-21(25)3)28(30(4,5)29(36)37-6)38-20-26-18-35(8-2)33-32-26/h9-13,15,18,22,28H,7-8,14,16-17,19-20H2,1-6H3/t22-,28+/m0/s1. The molecule has 0 amide bonds. The van der Waals surface area contributed by atoms with Gasteiger partial charge in [0.1, 0.15) is 5.69 Å². The minimum atomic E-state index is -0.902. The molecule has 8 nitrogen and oxygen atoms in total. The molecule has 2 atom stereocenters. The third kappa shape index (κ3) is 6.30. The van der Waals surface area contributed by atoms with Crippen LogP contribution in [0.15, 0.2) is 42.7 Å². The van der Waals surface area contributed by atoms with Crippen LogP contribution >= 0.6 is 0 Å². The SMILES string of the molecule is CC[C@H]1Cc2cccnc2CN(Cc2cc([C@@H](OCc3cn(CC)nn3)C(C)(C)C(=O)OC)ccc2C)C1. The minimum absolute atomic E-state index is 0.251. The van der Waals surface area contributed by atoms with Crippen molar-refractivity contribution in [2.45, 2.75) is 79.8 Å². The molecular formula is C30H41N5O3. The highest BCUT2D eigenvalue weighted by atomic mass is 16.5. The molecule has 1 aliphatic rings. The van der Waals surface area contributed by atoms with Gasteiger partial charge < -0.3 is 9.47 Å². The molecule has 38 heavy (non-hydrogen) atoms. The Balaban J connectivity index is 1.62. The van der Waals surface area contributed by atoms with Crippen molar-refractivity contribution >= 4 is 5.97 Å². The van der Waals surface area contributed by atoms with Crippen molar-refractivity contribution in [3.63, 3.8) is 0 Å². The molecule has 8 heteroatoms. The number of fused-ring (bicyclic) bond motifs is 1. The van der Waals surface area contributed by atoms with Crippen molar-refractivity contribution < 1.29 is 14.3 Å². The van der Waals surface area contributed by atoms with Crippen molar-refractivity contribution in [3.8, 4) is 0 Å². The number of carbonyl (C=O) groups is 1. The molecule has 1 aromatic carbocycles. The predicted octanol–water partition coefficient (Wildman–Crippen LogP) is 5.04. The fraction of sp³-hybridized carbons (Fsp3) is 0.533. The summed E-state index contributed by atoms with van der Waals surface area (Å²) in [5.74, 6) is 0.276. The first-order chi connectivity index (χ1) is 18.2. The zero-order valence-corrected chi connectivity index (χ0v) is 23.6. The van der Waals surface area contributed by atoms with E-state index in [-0.39, 0.29) is 12.6 Å². The molecule has 0 unspecified atom stereocenters. The summed E-state index contributed by atoms with van der Waals surface area (Å²) < 4.78 is 13.3. The summed E-state index contributed by atoms with van der Waals surface area (Å²) in [7, 11) is 1.42. The number of esters is 1. The maximum absolute atomic E-state index is 12.9. The molecule has 0 bridgehead atoms. The van der Waals surface area contributed by atoms with Gasteiger partial charge in [0.2, 0.25) is 0 Å². The second-order valence-corrected chi connectivity index (χ2v) is 10.9. The number of pyridine rings is 1. The quantitative estimate of drug-likeness (QED) is 0.347. The molecule has 0 spiro atoms. The number of nitrogens with zero attached hydrogens (tertiary/aromatic N) is 5. The van der Waals surface area contributed by atoms with Gasteiger partial charge in [-0.3, -0.25) is 19.4 Å². The summed E-state index contributed by atoms with van der Waals surface area (Å²) in [6.45, 7) is 13.8. The molecule has 0 aliphatic carbocycles. The molecule has 0 radical (unpaired) electrons. The largest absolute Gasteiger partial charge is 0.469 e. The van der Waals surface area contributed by atoms with Crippen LogP contribution in [0.2, 0.25) is 0 Å². The van der Waals surface area contributed by atoms with E-state index >= 15 is 0 Å².